The molecule has 0 aromatic rings. The van der Waals surface area contributed by atoms with Crippen LogP contribution in [0.3, 0.4) is 0 Å². The van der Waals surface area contributed by atoms with E-state index in [2.05, 4.69) is 4.74 Å². The summed E-state index contributed by atoms with van der Waals surface area (Å²) in [6, 6.07) is 0. The zero-order valence-corrected chi connectivity index (χ0v) is 16.2. The van der Waals surface area contributed by atoms with E-state index in [0.29, 0.717) is 0 Å². The number of carbonyl (C=O) groups is 1. The van der Waals surface area contributed by atoms with E-state index in [4.69, 9.17) is 0 Å². The highest BCUT2D eigenvalue weighted by atomic mass is 32.2. The van der Waals surface area contributed by atoms with Gasteiger partial charge in [-0.05, 0) is 29.2 Å². The van der Waals surface area contributed by atoms with Gasteiger partial charge in [0.25, 0.3) is 0 Å². The Balaban J connectivity index is 3.08. The maximum Gasteiger partial charge on any atom is 0.367 e. The van der Waals surface area contributed by atoms with Gasteiger partial charge in [-0.15, -0.1) is 0 Å². The number of hydrogen-bond acceptors (Lipinski definition) is 5. The first-order valence-electron chi connectivity index (χ1n) is 7.88. The molecule has 1 rings (SSSR count). The summed E-state index contributed by atoms with van der Waals surface area (Å²) in [6.07, 6.45) is 3.96. The summed E-state index contributed by atoms with van der Waals surface area (Å²) >= 11 is 0. The van der Waals surface area contributed by atoms with Gasteiger partial charge in [0, 0.05) is 0 Å². The number of hydrogen-bond donors (Lipinski definition) is 0. The first-order valence-corrected chi connectivity index (χ1v) is 9.29. The summed E-state index contributed by atoms with van der Waals surface area (Å²) in [7, 11) is -5.89. The van der Waals surface area contributed by atoms with Gasteiger partial charge in [-0.3, -0.25) is 0 Å². The minimum atomic E-state index is -5.89. The molecule has 0 spiro atoms. The Morgan fingerprint density at radius 2 is 1.76 bits per heavy atom. The van der Waals surface area contributed by atoms with Crippen molar-refractivity contribution in [3.8, 4) is 0 Å². The summed E-state index contributed by atoms with van der Waals surface area (Å²) in [6.45, 7) is 10.1. The molecule has 1 aliphatic rings. The molecule has 1 aliphatic carbocycles. The average Bonchev–Trinajstić information content (AvgIpc) is 2.41. The normalized spacial score (nSPS) is 20.0. The molecule has 0 radical (unpaired) electrons. The van der Waals surface area contributed by atoms with Crippen molar-refractivity contribution in [1.29, 1.82) is 0 Å². The molecule has 0 saturated heterocycles. The average molecular weight is 379 g/mol. The Kier molecular flexibility index (Phi) is 5.91. The van der Waals surface area contributed by atoms with E-state index in [1.807, 2.05) is 41.5 Å². The Labute approximate surface area is 147 Å². The van der Waals surface area contributed by atoms with Crippen LogP contribution >= 0.6 is 0 Å². The maximum atomic E-state index is 13.2. The number of alkyl halides is 2. The van der Waals surface area contributed by atoms with Crippen LogP contribution in [0.25, 0.3) is 0 Å². The monoisotopic (exact) mass is 379 g/mol. The number of esters is 1. The molecule has 5 nitrogen and oxygen atoms in total. The molecule has 0 heterocycles. The molecule has 0 amide bonds. The number of allylic oxidation sites excluding steroid dienone is 2. The van der Waals surface area contributed by atoms with E-state index in [0.717, 1.165) is 12.0 Å². The third kappa shape index (κ3) is 5.60. The van der Waals surface area contributed by atoms with Gasteiger partial charge in [0.2, 0.25) is 0 Å². The lowest BCUT2D eigenvalue weighted by Crippen LogP contribution is -2.35. The predicted molar refractivity (Wildman–Crippen MR) is 88.8 cm³/mol. The standard InChI is InChI=1S/C17H26F2O5S/c1-15(2,3)12-7-11(8-13(9-12)16(4,5)6)14(20)24-10-17(18,19)25(21,22)23/h7-8,12H,9-10H2,1-6H3,(H,21,22,23)/p-1. The van der Waals surface area contributed by atoms with Crippen LogP contribution < -0.4 is 0 Å². The third-order valence-corrected chi connectivity index (χ3v) is 5.05. The molecule has 0 aromatic carbocycles. The highest BCUT2D eigenvalue weighted by Crippen LogP contribution is 2.42. The largest absolute Gasteiger partial charge is 0.743 e. The Morgan fingerprint density at radius 3 is 2.16 bits per heavy atom. The van der Waals surface area contributed by atoms with Crippen molar-refractivity contribution in [1.82, 2.24) is 0 Å². The number of rotatable bonds is 4. The number of carbonyl (C=O) groups excluding carboxylic acids is 1. The van der Waals surface area contributed by atoms with Crippen molar-refractivity contribution in [2.45, 2.75) is 53.2 Å². The van der Waals surface area contributed by atoms with Gasteiger partial charge in [0.15, 0.2) is 16.7 Å². The fraction of sp³-hybridized carbons (Fsp3) is 0.706. The van der Waals surface area contributed by atoms with E-state index in [-0.39, 0.29) is 22.3 Å². The molecule has 0 N–H and O–H groups in total. The first-order chi connectivity index (χ1) is 10.9. The Hall–Kier alpha value is -1.28. The fourth-order valence-electron chi connectivity index (χ4n) is 2.32. The van der Waals surface area contributed by atoms with Crippen molar-refractivity contribution >= 4 is 16.1 Å². The second kappa shape index (κ2) is 6.79. The molecule has 1 unspecified atom stereocenters. The molecule has 8 heteroatoms. The molecular weight excluding hydrogens is 354 g/mol. The van der Waals surface area contributed by atoms with E-state index < -0.39 is 27.9 Å². The van der Waals surface area contributed by atoms with Crippen LogP contribution in [0.1, 0.15) is 48.0 Å². The van der Waals surface area contributed by atoms with Gasteiger partial charge >= 0.3 is 11.2 Å². The lowest BCUT2D eigenvalue weighted by Gasteiger charge is -2.36. The van der Waals surface area contributed by atoms with Crippen molar-refractivity contribution in [2.75, 3.05) is 6.61 Å². The van der Waals surface area contributed by atoms with Gasteiger partial charge in [0.1, 0.15) is 0 Å². The van der Waals surface area contributed by atoms with Crippen molar-refractivity contribution in [2.24, 2.45) is 16.7 Å². The van der Waals surface area contributed by atoms with E-state index in [1.54, 1.807) is 12.2 Å². The summed E-state index contributed by atoms with van der Waals surface area (Å²) < 4.78 is 62.2. The van der Waals surface area contributed by atoms with Crippen LogP contribution in [0.5, 0.6) is 0 Å². The Morgan fingerprint density at radius 1 is 1.24 bits per heavy atom. The minimum absolute atomic E-state index is 0.0157. The van der Waals surface area contributed by atoms with Crippen molar-refractivity contribution in [3.05, 3.63) is 23.3 Å². The number of halogens is 2. The molecule has 0 bridgehead atoms. The predicted octanol–water partition coefficient (Wildman–Crippen LogP) is 3.63. The van der Waals surface area contributed by atoms with E-state index in [1.165, 1.54) is 0 Å². The van der Waals surface area contributed by atoms with E-state index in [9.17, 15) is 26.5 Å². The lowest BCUT2D eigenvalue weighted by molar-refractivity contribution is -0.144. The SMILES string of the molecule is CC(C)(C)C1=CC(C(=O)OCC(F)(F)S(=O)(=O)[O-])=CC(C(C)(C)C)C1. The van der Waals surface area contributed by atoms with Gasteiger partial charge in [0.05, 0.1) is 5.57 Å². The second-order valence-corrected chi connectivity index (χ2v) is 9.89. The number of ether oxygens (including phenoxy) is 1. The van der Waals surface area contributed by atoms with Crippen LogP contribution in [0.2, 0.25) is 0 Å². The van der Waals surface area contributed by atoms with Crippen molar-refractivity contribution < 1.29 is 31.3 Å². The van der Waals surface area contributed by atoms with Crippen LogP contribution in [0, 0.1) is 16.7 Å². The van der Waals surface area contributed by atoms with Gasteiger partial charge < -0.3 is 9.29 Å². The molecule has 25 heavy (non-hydrogen) atoms. The highest BCUT2D eigenvalue weighted by molar-refractivity contribution is 7.86. The highest BCUT2D eigenvalue weighted by Gasteiger charge is 2.40. The quantitative estimate of drug-likeness (QED) is 0.550. The smallest absolute Gasteiger partial charge is 0.367 e. The topological polar surface area (TPSA) is 83.5 Å². The summed E-state index contributed by atoms with van der Waals surface area (Å²) in [5, 5.41) is -4.65. The molecule has 0 fully saturated rings. The van der Waals surface area contributed by atoms with Crippen molar-refractivity contribution in [3.63, 3.8) is 0 Å². The molecule has 1 atom stereocenters. The maximum absolute atomic E-state index is 13.2. The fourth-order valence-corrected chi connectivity index (χ4v) is 2.52. The lowest BCUT2D eigenvalue weighted by atomic mass is 9.69. The molecule has 0 aromatic heterocycles. The van der Waals surface area contributed by atoms with E-state index >= 15 is 0 Å². The first kappa shape index (κ1) is 21.8. The summed E-state index contributed by atoms with van der Waals surface area (Å²) in [4.78, 5) is 12.2. The zero-order chi connectivity index (χ0) is 19.8. The van der Waals surface area contributed by atoms with Gasteiger partial charge in [-0.1, -0.05) is 53.2 Å². The molecule has 0 aliphatic heterocycles. The second-order valence-electron chi connectivity index (χ2n) is 8.39. The van der Waals surface area contributed by atoms with Crippen LogP contribution in [-0.2, 0) is 19.6 Å². The summed E-state index contributed by atoms with van der Waals surface area (Å²) in [5.41, 5.74) is 0.657. The minimum Gasteiger partial charge on any atom is -0.743 e. The van der Waals surface area contributed by atoms with Gasteiger partial charge in [-0.2, -0.15) is 8.78 Å². The molecule has 0 saturated carbocycles. The van der Waals surface area contributed by atoms with Gasteiger partial charge in [-0.25, -0.2) is 13.2 Å². The third-order valence-electron chi connectivity index (χ3n) is 4.20. The van der Waals surface area contributed by atoms with Crippen LogP contribution in [-0.4, -0.2) is 30.8 Å². The Bertz CT molecular complexity index is 692. The zero-order valence-electron chi connectivity index (χ0n) is 15.4. The van der Waals surface area contributed by atoms with Crippen LogP contribution in [0.15, 0.2) is 23.3 Å². The summed E-state index contributed by atoms with van der Waals surface area (Å²) in [5.74, 6) is -1.09. The van der Waals surface area contributed by atoms with Crippen LogP contribution in [0.4, 0.5) is 8.78 Å². The molecular formula is C17H25F2O5S-. The molecule has 144 valence electrons.